The summed E-state index contributed by atoms with van der Waals surface area (Å²) in [4.78, 5) is 2.49. The van der Waals surface area contributed by atoms with Gasteiger partial charge >= 0.3 is 0 Å². The number of nitrogens with zero attached hydrogens (tertiary/aromatic N) is 1. The molecule has 304 valence electrons. The minimum absolute atomic E-state index is 0.504. The Balaban J connectivity index is 0.956. The normalized spacial score (nSPS) is 12.7. The highest BCUT2D eigenvalue weighted by atomic mass is 32.1. The zero-order valence-electron chi connectivity index (χ0n) is 35.5. The van der Waals surface area contributed by atoms with E-state index in [9.17, 15) is 0 Å². The van der Waals surface area contributed by atoms with Gasteiger partial charge in [-0.25, -0.2) is 0 Å². The van der Waals surface area contributed by atoms with E-state index >= 15 is 0 Å². The lowest BCUT2D eigenvalue weighted by molar-refractivity contribution is 0.768. The average Bonchev–Trinajstić information content (AvgIpc) is 3.91. The van der Waals surface area contributed by atoms with Crippen molar-refractivity contribution in [3.8, 4) is 33.4 Å². The summed E-state index contributed by atoms with van der Waals surface area (Å²) in [7, 11) is 0. The van der Waals surface area contributed by atoms with Crippen molar-refractivity contribution in [2.24, 2.45) is 0 Å². The van der Waals surface area contributed by atoms with Crippen LogP contribution in [0, 0.1) is 0 Å². The van der Waals surface area contributed by atoms with Crippen LogP contribution in [0.15, 0.2) is 249 Å². The smallest absolute Gasteiger partial charge is 0.0714 e. The number of anilines is 3. The van der Waals surface area contributed by atoms with Crippen LogP contribution < -0.4 is 4.90 Å². The number of hydrogen-bond acceptors (Lipinski definition) is 2. The Labute approximate surface area is 382 Å². The predicted octanol–water partition coefficient (Wildman–Crippen LogP) is 17.5. The highest BCUT2D eigenvalue weighted by molar-refractivity contribution is 7.26. The molecule has 1 heterocycles. The van der Waals surface area contributed by atoms with E-state index in [1.165, 1.54) is 103 Å². The van der Waals surface area contributed by atoms with Crippen molar-refractivity contribution in [2.45, 2.75) is 5.41 Å². The second-order valence-corrected chi connectivity index (χ2v) is 18.3. The molecular weight excluding hydrogens is 803 g/mol. The summed E-state index contributed by atoms with van der Waals surface area (Å²) in [5.74, 6) is 0. The van der Waals surface area contributed by atoms with E-state index in [2.05, 4.69) is 254 Å². The third-order valence-electron chi connectivity index (χ3n) is 13.7. The number of fused-ring (bicyclic) bond motifs is 8. The van der Waals surface area contributed by atoms with Gasteiger partial charge in [-0.1, -0.05) is 194 Å². The molecule has 0 atom stereocenters. The third-order valence-corrected chi connectivity index (χ3v) is 14.9. The SMILES string of the molecule is c1ccc(C2(c3ccccc3)c3ccccc3-c3ccc(N(c4ccc(-c5ccc6cc(-c7ccc8ccccc8c7)ccc6c5)cc4)c4cccc5c4sc4ccccc45)cc32)cc1. The molecule has 0 N–H and O–H groups in total. The van der Waals surface area contributed by atoms with Gasteiger partial charge in [-0.2, -0.15) is 0 Å². The van der Waals surface area contributed by atoms with Crippen LogP contribution in [0.3, 0.4) is 0 Å². The minimum atomic E-state index is -0.504. The Hall–Kier alpha value is -8.04. The van der Waals surface area contributed by atoms with Gasteiger partial charge in [0.25, 0.3) is 0 Å². The molecule has 13 rings (SSSR count). The van der Waals surface area contributed by atoms with Crippen molar-refractivity contribution < 1.29 is 0 Å². The van der Waals surface area contributed by atoms with Crippen LogP contribution in [0.4, 0.5) is 17.1 Å². The van der Waals surface area contributed by atoms with Crippen LogP contribution in [0.1, 0.15) is 22.3 Å². The highest BCUT2D eigenvalue weighted by Crippen LogP contribution is 2.57. The van der Waals surface area contributed by atoms with Gasteiger partial charge in [0.15, 0.2) is 0 Å². The Morgan fingerprint density at radius 1 is 0.323 bits per heavy atom. The first-order valence-corrected chi connectivity index (χ1v) is 23.2. The zero-order valence-corrected chi connectivity index (χ0v) is 36.3. The molecule has 0 radical (unpaired) electrons. The lowest BCUT2D eigenvalue weighted by Gasteiger charge is -2.35. The van der Waals surface area contributed by atoms with Crippen LogP contribution in [0.25, 0.3) is 75.1 Å². The van der Waals surface area contributed by atoms with E-state index in [-0.39, 0.29) is 0 Å². The molecule has 0 saturated carbocycles. The summed E-state index contributed by atoms with van der Waals surface area (Å²) < 4.78 is 2.57. The lowest BCUT2D eigenvalue weighted by Crippen LogP contribution is -2.28. The van der Waals surface area contributed by atoms with Gasteiger partial charge in [0.2, 0.25) is 0 Å². The first kappa shape index (κ1) is 37.5. The summed E-state index contributed by atoms with van der Waals surface area (Å²) in [6.45, 7) is 0. The van der Waals surface area contributed by atoms with Crippen LogP contribution >= 0.6 is 11.3 Å². The van der Waals surface area contributed by atoms with Crippen LogP contribution in [0.5, 0.6) is 0 Å². The fourth-order valence-electron chi connectivity index (χ4n) is 10.7. The van der Waals surface area contributed by atoms with Gasteiger partial charge in [0.05, 0.1) is 15.8 Å². The first-order chi connectivity index (χ1) is 32.2. The predicted molar refractivity (Wildman–Crippen MR) is 277 cm³/mol. The average molecular weight is 844 g/mol. The summed E-state index contributed by atoms with van der Waals surface area (Å²) in [6, 6.07) is 92.2. The summed E-state index contributed by atoms with van der Waals surface area (Å²) in [5.41, 5.74) is 15.4. The van der Waals surface area contributed by atoms with Crippen LogP contribution in [-0.4, -0.2) is 0 Å². The molecule has 12 aromatic rings. The molecule has 2 heteroatoms. The molecule has 65 heavy (non-hydrogen) atoms. The van der Waals surface area contributed by atoms with Gasteiger partial charge in [-0.3, -0.25) is 0 Å². The number of thiophene rings is 1. The fourth-order valence-corrected chi connectivity index (χ4v) is 11.9. The molecule has 0 aliphatic heterocycles. The van der Waals surface area contributed by atoms with Crippen molar-refractivity contribution in [3.05, 3.63) is 271 Å². The molecule has 11 aromatic carbocycles. The number of benzene rings is 11. The molecule has 1 aliphatic carbocycles. The molecule has 0 amide bonds. The van der Waals surface area contributed by atoms with Crippen molar-refractivity contribution in [3.63, 3.8) is 0 Å². The third kappa shape index (κ3) is 5.99. The quantitative estimate of drug-likeness (QED) is 0.154. The number of hydrogen-bond donors (Lipinski definition) is 0. The van der Waals surface area contributed by atoms with Gasteiger partial charge < -0.3 is 4.90 Å². The summed E-state index contributed by atoms with van der Waals surface area (Å²) >= 11 is 1.87. The second-order valence-electron chi connectivity index (χ2n) is 17.2. The van der Waals surface area contributed by atoms with E-state index in [0.717, 1.165) is 11.4 Å². The number of rotatable bonds is 7. The van der Waals surface area contributed by atoms with E-state index in [1.54, 1.807) is 0 Å². The van der Waals surface area contributed by atoms with E-state index in [4.69, 9.17) is 0 Å². The molecule has 0 fully saturated rings. The minimum Gasteiger partial charge on any atom is -0.309 e. The Bertz CT molecular complexity index is 3730. The molecule has 0 spiro atoms. The van der Waals surface area contributed by atoms with E-state index in [0.29, 0.717) is 0 Å². The van der Waals surface area contributed by atoms with Gasteiger partial charge in [0, 0.05) is 26.8 Å². The molecule has 0 bridgehead atoms. The van der Waals surface area contributed by atoms with Crippen molar-refractivity contribution >= 4 is 70.1 Å². The maximum atomic E-state index is 2.49. The maximum absolute atomic E-state index is 2.49. The topological polar surface area (TPSA) is 3.24 Å². The van der Waals surface area contributed by atoms with Crippen LogP contribution in [0.2, 0.25) is 0 Å². The lowest BCUT2D eigenvalue weighted by atomic mass is 9.67. The summed E-state index contributed by atoms with van der Waals surface area (Å²) in [5, 5.41) is 7.56. The Morgan fingerprint density at radius 3 is 1.57 bits per heavy atom. The fraction of sp³-hybridized carbons (Fsp3) is 0.0159. The molecule has 1 aliphatic rings. The van der Waals surface area contributed by atoms with Gasteiger partial charge in [-0.15, -0.1) is 11.3 Å². The van der Waals surface area contributed by atoms with Gasteiger partial charge in [-0.05, 0) is 132 Å². The van der Waals surface area contributed by atoms with Crippen molar-refractivity contribution in [1.29, 1.82) is 0 Å². The highest BCUT2D eigenvalue weighted by Gasteiger charge is 2.46. The van der Waals surface area contributed by atoms with Gasteiger partial charge in [0.1, 0.15) is 0 Å². The molecular formula is C63H41NS. The molecule has 0 saturated heterocycles. The summed E-state index contributed by atoms with van der Waals surface area (Å²) in [6.07, 6.45) is 0. The maximum Gasteiger partial charge on any atom is 0.0714 e. The molecule has 1 nitrogen and oxygen atoms in total. The van der Waals surface area contributed by atoms with E-state index in [1.807, 2.05) is 11.3 Å². The molecule has 1 aromatic heterocycles. The second kappa shape index (κ2) is 15.1. The van der Waals surface area contributed by atoms with Crippen molar-refractivity contribution in [1.82, 2.24) is 0 Å². The monoisotopic (exact) mass is 843 g/mol. The Kier molecular flexibility index (Phi) is 8.69. The first-order valence-electron chi connectivity index (χ1n) is 22.4. The largest absolute Gasteiger partial charge is 0.309 e. The standard InChI is InChI=1S/C63H41NS/c1-3-16-50(17-4-1)63(51-18-5-2-6-19-51)58-23-11-9-20-54(58)55-37-36-53(41-59(55)63)64(60-24-13-22-57-56-21-10-12-25-61(56)65-62(57)60)52-34-32-43(33-35-52)45-28-29-48-40-49(31-30-47(48)39-45)46-27-26-42-14-7-8-15-44(42)38-46/h1-41H. The zero-order chi connectivity index (χ0) is 42.9. The Morgan fingerprint density at radius 2 is 0.846 bits per heavy atom. The van der Waals surface area contributed by atoms with Crippen molar-refractivity contribution in [2.75, 3.05) is 4.90 Å². The van der Waals surface area contributed by atoms with Crippen LogP contribution in [-0.2, 0) is 5.41 Å². The van der Waals surface area contributed by atoms with E-state index < -0.39 is 5.41 Å². The molecule has 0 unspecified atom stereocenters.